The van der Waals surface area contributed by atoms with Gasteiger partial charge in [0, 0.05) is 30.4 Å². The van der Waals surface area contributed by atoms with Gasteiger partial charge in [-0.05, 0) is 24.6 Å². The van der Waals surface area contributed by atoms with Crippen molar-refractivity contribution in [2.75, 3.05) is 19.4 Å². The highest BCUT2D eigenvalue weighted by Crippen LogP contribution is 2.31. The SMILES string of the molecule is COCc1c(C(=O)N2CCSC2=Nc2ccccc2C)oc2ccccc12. The number of carbonyl (C=O) groups is 1. The zero-order valence-corrected chi connectivity index (χ0v) is 16.1. The first-order chi connectivity index (χ1) is 13.2. The predicted octanol–water partition coefficient (Wildman–Crippen LogP) is 4.76. The molecule has 0 spiro atoms. The minimum absolute atomic E-state index is 0.171. The summed E-state index contributed by atoms with van der Waals surface area (Å²) in [7, 11) is 1.62. The quantitative estimate of drug-likeness (QED) is 0.655. The molecule has 5 nitrogen and oxygen atoms in total. The van der Waals surface area contributed by atoms with E-state index in [1.165, 1.54) is 0 Å². The Hall–Kier alpha value is -2.57. The number of amidine groups is 1. The number of benzene rings is 2. The number of methoxy groups -OCH3 is 1. The van der Waals surface area contributed by atoms with Crippen LogP contribution in [0.2, 0.25) is 0 Å². The summed E-state index contributed by atoms with van der Waals surface area (Å²) >= 11 is 1.59. The smallest absolute Gasteiger partial charge is 0.295 e. The third-order valence-corrected chi connectivity index (χ3v) is 5.49. The number of amides is 1. The number of ether oxygens (including phenoxy) is 1. The van der Waals surface area contributed by atoms with Gasteiger partial charge < -0.3 is 9.15 Å². The van der Waals surface area contributed by atoms with Crippen LogP contribution in [0.25, 0.3) is 11.0 Å². The number of fused-ring (bicyclic) bond motifs is 1. The minimum Gasteiger partial charge on any atom is -0.450 e. The average Bonchev–Trinajstić information content (AvgIpc) is 3.28. The molecule has 0 radical (unpaired) electrons. The van der Waals surface area contributed by atoms with Gasteiger partial charge in [-0.1, -0.05) is 48.2 Å². The van der Waals surface area contributed by atoms with Crippen molar-refractivity contribution >= 4 is 39.5 Å². The number of carbonyl (C=O) groups excluding carboxylic acids is 1. The van der Waals surface area contributed by atoms with Gasteiger partial charge in [-0.15, -0.1) is 0 Å². The van der Waals surface area contributed by atoms with Crippen molar-refractivity contribution in [3.05, 3.63) is 65.4 Å². The van der Waals surface area contributed by atoms with E-state index in [-0.39, 0.29) is 5.91 Å². The summed E-state index contributed by atoms with van der Waals surface area (Å²) in [5.41, 5.74) is 3.43. The molecule has 6 heteroatoms. The van der Waals surface area contributed by atoms with Crippen LogP contribution in [0, 0.1) is 6.92 Å². The number of aryl methyl sites for hydroxylation is 1. The molecule has 2 aromatic carbocycles. The fourth-order valence-electron chi connectivity index (χ4n) is 3.16. The largest absolute Gasteiger partial charge is 0.450 e. The summed E-state index contributed by atoms with van der Waals surface area (Å²) in [6, 6.07) is 15.6. The molecule has 138 valence electrons. The Morgan fingerprint density at radius 3 is 2.81 bits per heavy atom. The average molecular weight is 380 g/mol. The Morgan fingerprint density at radius 2 is 2.00 bits per heavy atom. The molecule has 0 saturated carbocycles. The van der Waals surface area contributed by atoms with Crippen molar-refractivity contribution in [3.8, 4) is 0 Å². The zero-order chi connectivity index (χ0) is 18.8. The van der Waals surface area contributed by atoms with E-state index in [2.05, 4.69) is 0 Å². The molecule has 27 heavy (non-hydrogen) atoms. The normalized spacial score (nSPS) is 15.8. The number of nitrogens with zero attached hydrogens (tertiary/aromatic N) is 2. The topological polar surface area (TPSA) is 55.0 Å². The molecule has 0 bridgehead atoms. The van der Waals surface area contributed by atoms with Gasteiger partial charge >= 0.3 is 0 Å². The second-order valence-electron chi connectivity index (χ2n) is 6.33. The molecule has 1 amide bonds. The molecule has 1 aliphatic rings. The van der Waals surface area contributed by atoms with Crippen LogP contribution in [0.4, 0.5) is 5.69 Å². The van der Waals surface area contributed by atoms with Gasteiger partial charge in [-0.25, -0.2) is 4.99 Å². The molecule has 2 heterocycles. The Bertz CT molecular complexity index is 1030. The first kappa shape index (κ1) is 17.8. The van der Waals surface area contributed by atoms with Crippen LogP contribution in [0.15, 0.2) is 57.9 Å². The van der Waals surface area contributed by atoms with Crippen LogP contribution < -0.4 is 0 Å². The summed E-state index contributed by atoms with van der Waals surface area (Å²) in [6.45, 7) is 2.95. The van der Waals surface area contributed by atoms with Crippen LogP contribution in [-0.2, 0) is 11.3 Å². The molecule has 3 aromatic rings. The van der Waals surface area contributed by atoms with Crippen LogP contribution in [0.3, 0.4) is 0 Å². The molecule has 0 atom stereocenters. The third kappa shape index (κ3) is 3.38. The standard InChI is InChI=1S/C21H20N2O3S/c1-14-7-3-5-9-17(14)22-21-23(11-12-27-21)20(24)19-16(13-25-2)15-8-4-6-10-18(15)26-19/h3-10H,11-13H2,1-2H3. The monoisotopic (exact) mass is 380 g/mol. The molecule has 1 aromatic heterocycles. The van der Waals surface area contributed by atoms with Crippen molar-refractivity contribution < 1.29 is 13.9 Å². The maximum atomic E-state index is 13.3. The Kier molecular flexibility index (Phi) is 5.01. The number of para-hydroxylation sites is 2. The van der Waals surface area contributed by atoms with E-state index in [1.807, 2.05) is 55.5 Å². The van der Waals surface area contributed by atoms with Crippen LogP contribution in [0.1, 0.15) is 21.7 Å². The zero-order valence-electron chi connectivity index (χ0n) is 15.3. The van der Waals surface area contributed by atoms with Gasteiger partial charge in [-0.3, -0.25) is 9.69 Å². The molecule has 0 unspecified atom stereocenters. The number of hydrogen-bond donors (Lipinski definition) is 0. The molecular formula is C21H20N2O3S. The van der Waals surface area contributed by atoms with E-state index in [0.717, 1.165) is 28.0 Å². The van der Waals surface area contributed by atoms with Crippen molar-refractivity contribution in [3.63, 3.8) is 0 Å². The molecular weight excluding hydrogens is 360 g/mol. The molecule has 1 aliphatic heterocycles. The van der Waals surface area contributed by atoms with E-state index < -0.39 is 0 Å². The lowest BCUT2D eigenvalue weighted by atomic mass is 10.1. The van der Waals surface area contributed by atoms with Crippen molar-refractivity contribution in [1.82, 2.24) is 4.90 Å². The number of furan rings is 1. The van der Waals surface area contributed by atoms with Crippen molar-refractivity contribution in [2.24, 2.45) is 4.99 Å². The Balaban J connectivity index is 1.73. The second-order valence-corrected chi connectivity index (χ2v) is 7.39. The fraction of sp³-hybridized carbons (Fsp3) is 0.238. The number of aliphatic imine (C=N–C) groups is 1. The summed E-state index contributed by atoms with van der Waals surface area (Å²) in [5.74, 6) is 0.977. The Morgan fingerprint density at radius 1 is 1.22 bits per heavy atom. The highest BCUT2D eigenvalue weighted by Gasteiger charge is 2.31. The fourth-order valence-corrected chi connectivity index (χ4v) is 4.11. The first-order valence-corrected chi connectivity index (χ1v) is 9.76. The second kappa shape index (κ2) is 7.58. The van der Waals surface area contributed by atoms with Crippen LogP contribution in [-0.4, -0.2) is 35.4 Å². The van der Waals surface area contributed by atoms with Crippen LogP contribution >= 0.6 is 11.8 Å². The van der Waals surface area contributed by atoms with Gasteiger partial charge in [0.25, 0.3) is 5.91 Å². The van der Waals surface area contributed by atoms with E-state index in [9.17, 15) is 4.79 Å². The lowest BCUT2D eigenvalue weighted by Gasteiger charge is -2.15. The lowest BCUT2D eigenvalue weighted by Crippen LogP contribution is -2.32. The van der Waals surface area contributed by atoms with Gasteiger partial charge in [-0.2, -0.15) is 0 Å². The Labute approximate surface area is 162 Å². The van der Waals surface area contributed by atoms with E-state index in [0.29, 0.717) is 29.7 Å². The first-order valence-electron chi connectivity index (χ1n) is 8.77. The van der Waals surface area contributed by atoms with E-state index >= 15 is 0 Å². The summed E-state index contributed by atoms with van der Waals surface area (Å²) in [6.07, 6.45) is 0. The molecule has 0 N–H and O–H groups in total. The number of hydrogen-bond acceptors (Lipinski definition) is 5. The highest BCUT2D eigenvalue weighted by atomic mass is 32.2. The minimum atomic E-state index is -0.171. The van der Waals surface area contributed by atoms with Crippen molar-refractivity contribution in [2.45, 2.75) is 13.5 Å². The third-order valence-electron chi connectivity index (χ3n) is 4.53. The lowest BCUT2D eigenvalue weighted by molar-refractivity contribution is 0.0825. The van der Waals surface area contributed by atoms with E-state index in [4.69, 9.17) is 14.1 Å². The van der Waals surface area contributed by atoms with Crippen molar-refractivity contribution in [1.29, 1.82) is 0 Å². The highest BCUT2D eigenvalue weighted by molar-refractivity contribution is 8.14. The predicted molar refractivity (Wildman–Crippen MR) is 109 cm³/mol. The van der Waals surface area contributed by atoms with E-state index in [1.54, 1.807) is 23.8 Å². The van der Waals surface area contributed by atoms with Gasteiger partial charge in [0.15, 0.2) is 10.9 Å². The molecule has 0 aliphatic carbocycles. The van der Waals surface area contributed by atoms with Gasteiger partial charge in [0.2, 0.25) is 0 Å². The number of thioether (sulfide) groups is 1. The molecule has 1 saturated heterocycles. The summed E-state index contributed by atoms with van der Waals surface area (Å²) in [5, 5.41) is 1.62. The maximum absolute atomic E-state index is 13.3. The number of rotatable bonds is 4. The summed E-state index contributed by atoms with van der Waals surface area (Å²) in [4.78, 5) is 19.7. The summed E-state index contributed by atoms with van der Waals surface area (Å²) < 4.78 is 11.2. The van der Waals surface area contributed by atoms with Gasteiger partial charge in [0.05, 0.1) is 12.3 Å². The molecule has 4 rings (SSSR count). The molecule has 1 fully saturated rings. The van der Waals surface area contributed by atoms with Crippen LogP contribution in [0.5, 0.6) is 0 Å². The maximum Gasteiger partial charge on any atom is 0.295 e. The van der Waals surface area contributed by atoms with Gasteiger partial charge in [0.1, 0.15) is 5.58 Å².